The zero-order chi connectivity index (χ0) is 20.8. The third-order valence-corrected chi connectivity index (χ3v) is 8.75. The summed E-state index contributed by atoms with van der Waals surface area (Å²) in [7, 11) is 0. The minimum Gasteiger partial charge on any atom is -0.457 e. The molecule has 0 radical (unpaired) electrons. The molecule has 0 amide bonds. The van der Waals surface area contributed by atoms with Gasteiger partial charge in [-0.25, -0.2) is 0 Å². The summed E-state index contributed by atoms with van der Waals surface area (Å²) in [5, 5.41) is 33.4. The van der Waals surface area contributed by atoms with E-state index in [1.165, 1.54) is 6.92 Å². The molecule has 1 spiro atoms. The van der Waals surface area contributed by atoms with Gasteiger partial charge in [0.05, 0.1) is 18.3 Å². The average Bonchev–Trinajstić information content (AvgIpc) is 2.73. The van der Waals surface area contributed by atoms with Crippen molar-refractivity contribution in [3.05, 3.63) is 12.2 Å². The first-order valence-electron chi connectivity index (χ1n) is 10.3. The Morgan fingerprint density at radius 2 is 1.79 bits per heavy atom. The quantitative estimate of drug-likeness (QED) is 0.463. The second kappa shape index (κ2) is 5.89. The van der Waals surface area contributed by atoms with Crippen molar-refractivity contribution >= 4 is 11.8 Å². The second-order valence-electron chi connectivity index (χ2n) is 10.5. The Bertz CT molecular complexity index is 743. The Morgan fingerprint density at radius 1 is 1.14 bits per heavy atom. The number of aliphatic hydroxyl groups is 3. The standard InChI is InChI=1S/C22H32O6/c1-10-14-15(25)16(26)17-21(5)8-6-7-20(3,4)12(21)9-13(24)22(17,18(14)27)19(10)28-11(2)23/h12,14-19,25-27H,1,6-9H2,2-5H3/t12-,14-,15-,16+,17+,18-,19-,21-,22+/m1/s1. The molecule has 9 atom stereocenters. The largest absolute Gasteiger partial charge is 0.457 e. The van der Waals surface area contributed by atoms with Gasteiger partial charge in [0, 0.05) is 25.2 Å². The maximum atomic E-state index is 13.7. The molecule has 2 bridgehead atoms. The van der Waals surface area contributed by atoms with Crippen molar-refractivity contribution in [2.24, 2.45) is 34.0 Å². The Kier molecular flexibility index (Phi) is 4.22. The lowest BCUT2D eigenvalue weighted by molar-refractivity contribution is -0.248. The molecule has 4 aliphatic rings. The van der Waals surface area contributed by atoms with Crippen molar-refractivity contribution in [2.75, 3.05) is 0 Å². The number of carbonyl (C=O) groups excluding carboxylic acids is 2. The lowest BCUT2D eigenvalue weighted by Gasteiger charge is -2.65. The number of hydrogen-bond donors (Lipinski definition) is 3. The van der Waals surface area contributed by atoms with Crippen LogP contribution in [0.1, 0.15) is 53.4 Å². The van der Waals surface area contributed by atoms with Crippen LogP contribution in [0.5, 0.6) is 0 Å². The Labute approximate surface area is 166 Å². The number of ether oxygens (including phenoxy) is 1. The van der Waals surface area contributed by atoms with Crippen LogP contribution in [0.4, 0.5) is 0 Å². The van der Waals surface area contributed by atoms with Crippen molar-refractivity contribution in [2.45, 2.75) is 77.8 Å². The smallest absolute Gasteiger partial charge is 0.303 e. The van der Waals surface area contributed by atoms with E-state index in [1.807, 2.05) is 0 Å². The first-order valence-corrected chi connectivity index (χ1v) is 10.3. The minimum absolute atomic E-state index is 0.0225. The fraction of sp³-hybridized carbons (Fsp3) is 0.818. The lowest BCUT2D eigenvalue weighted by Crippen LogP contribution is -2.72. The maximum absolute atomic E-state index is 13.7. The van der Waals surface area contributed by atoms with Gasteiger partial charge in [-0.05, 0) is 35.2 Å². The molecule has 0 unspecified atom stereocenters. The molecule has 156 valence electrons. The van der Waals surface area contributed by atoms with Crippen LogP contribution in [0.25, 0.3) is 0 Å². The molecule has 4 fully saturated rings. The van der Waals surface area contributed by atoms with Crippen LogP contribution in [0.2, 0.25) is 0 Å². The predicted octanol–water partition coefficient (Wildman–Crippen LogP) is 1.61. The van der Waals surface area contributed by atoms with Crippen LogP contribution < -0.4 is 0 Å². The third kappa shape index (κ3) is 2.14. The predicted molar refractivity (Wildman–Crippen MR) is 101 cm³/mol. The first-order chi connectivity index (χ1) is 12.9. The van der Waals surface area contributed by atoms with Crippen LogP contribution in [0.15, 0.2) is 12.2 Å². The highest BCUT2D eigenvalue weighted by Crippen LogP contribution is 2.71. The van der Waals surface area contributed by atoms with E-state index in [0.29, 0.717) is 5.57 Å². The van der Waals surface area contributed by atoms with Crippen LogP contribution in [-0.4, -0.2) is 51.5 Å². The highest BCUT2D eigenvalue weighted by Gasteiger charge is 2.78. The van der Waals surface area contributed by atoms with Gasteiger partial charge in [0.1, 0.15) is 17.3 Å². The Morgan fingerprint density at radius 3 is 2.39 bits per heavy atom. The van der Waals surface area contributed by atoms with Gasteiger partial charge in [-0.3, -0.25) is 9.59 Å². The molecular weight excluding hydrogens is 360 g/mol. The molecule has 0 aliphatic heterocycles. The molecule has 3 N–H and O–H groups in total. The summed E-state index contributed by atoms with van der Waals surface area (Å²) in [4.78, 5) is 25.6. The molecule has 0 aromatic rings. The zero-order valence-electron chi connectivity index (χ0n) is 17.1. The fourth-order valence-corrected chi connectivity index (χ4v) is 7.75. The highest BCUT2D eigenvalue weighted by molar-refractivity contribution is 5.90. The number of hydrogen-bond acceptors (Lipinski definition) is 6. The molecule has 28 heavy (non-hydrogen) atoms. The van der Waals surface area contributed by atoms with Gasteiger partial charge < -0.3 is 20.1 Å². The van der Waals surface area contributed by atoms with Crippen molar-refractivity contribution in [1.82, 2.24) is 0 Å². The van der Waals surface area contributed by atoms with Crippen LogP contribution in [-0.2, 0) is 14.3 Å². The molecule has 4 aliphatic carbocycles. The highest BCUT2D eigenvalue weighted by atomic mass is 16.5. The van der Waals surface area contributed by atoms with Crippen molar-refractivity contribution in [1.29, 1.82) is 0 Å². The Hall–Kier alpha value is -1.24. The van der Waals surface area contributed by atoms with E-state index in [0.717, 1.165) is 19.3 Å². The topological polar surface area (TPSA) is 104 Å². The van der Waals surface area contributed by atoms with Crippen molar-refractivity contribution in [3.63, 3.8) is 0 Å². The lowest BCUT2D eigenvalue weighted by atomic mass is 9.39. The van der Waals surface area contributed by atoms with Gasteiger partial charge >= 0.3 is 5.97 Å². The number of aliphatic hydroxyl groups excluding tert-OH is 3. The van der Waals surface area contributed by atoms with Crippen LogP contribution in [0.3, 0.4) is 0 Å². The van der Waals surface area contributed by atoms with Crippen LogP contribution >= 0.6 is 0 Å². The normalized spacial score (nSPS) is 52.0. The third-order valence-electron chi connectivity index (χ3n) is 8.75. The van der Waals surface area contributed by atoms with E-state index >= 15 is 0 Å². The van der Waals surface area contributed by atoms with E-state index in [1.54, 1.807) is 0 Å². The SMILES string of the molecule is C=C1[C@@H]2[C@@H](O)[C@H](O)[C@H]3[C@]4(C)CCCC(C)(C)[C@H]4CC(=O)[C@@]3([C@@H]1OC(C)=O)[C@@H]2O. The summed E-state index contributed by atoms with van der Waals surface area (Å²) in [6.07, 6.45) is -1.66. The zero-order valence-corrected chi connectivity index (χ0v) is 17.1. The van der Waals surface area contributed by atoms with Gasteiger partial charge in [0.2, 0.25) is 0 Å². The number of ketones is 1. The molecule has 4 saturated carbocycles. The summed E-state index contributed by atoms with van der Waals surface area (Å²) in [5.74, 6) is -2.29. The summed E-state index contributed by atoms with van der Waals surface area (Å²) < 4.78 is 5.57. The molecule has 0 heterocycles. The minimum atomic E-state index is -1.44. The molecular formula is C22H32O6. The van der Waals surface area contributed by atoms with Crippen molar-refractivity contribution < 1.29 is 29.6 Å². The van der Waals surface area contributed by atoms with Gasteiger partial charge in [-0.1, -0.05) is 33.8 Å². The summed E-state index contributed by atoms with van der Waals surface area (Å²) in [6, 6.07) is 0. The fourth-order valence-electron chi connectivity index (χ4n) is 7.75. The van der Waals surface area contributed by atoms with Crippen molar-refractivity contribution in [3.8, 4) is 0 Å². The maximum Gasteiger partial charge on any atom is 0.303 e. The number of esters is 1. The summed E-state index contributed by atoms with van der Waals surface area (Å²) in [6.45, 7) is 11.6. The van der Waals surface area contributed by atoms with Gasteiger partial charge in [0.15, 0.2) is 0 Å². The van der Waals surface area contributed by atoms with E-state index in [-0.39, 0.29) is 23.5 Å². The monoisotopic (exact) mass is 392 g/mol. The number of rotatable bonds is 1. The average molecular weight is 392 g/mol. The second-order valence-corrected chi connectivity index (χ2v) is 10.5. The van der Waals surface area contributed by atoms with Gasteiger partial charge in [-0.15, -0.1) is 0 Å². The van der Waals surface area contributed by atoms with Gasteiger partial charge in [-0.2, -0.15) is 0 Å². The van der Waals surface area contributed by atoms with Gasteiger partial charge in [0.25, 0.3) is 0 Å². The molecule has 0 saturated heterocycles. The number of Topliss-reactive ketones (excluding diaryl/α,β-unsaturated/α-hetero) is 1. The Balaban J connectivity index is 1.95. The van der Waals surface area contributed by atoms with E-state index < -0.39 is 53.1 Å². The molecule has 6 heteroatoms. The van der Waals surface area contributed by atoms with E-state index in [4.69, 9.17) is 4.74 Å². The molecule has 6 nitrogen and oxygen atoms in total. The molecule has 4 rings (SSSR count). The summed E-state index contributed by atoms with van der Waals surface area (Å²) in [5.41, 5.74) is -1.67. The number of fused-ring (bicyclic) bond motifs is 3. The molecule has 0 aromatic heterocycles. The van der Waals surface area contributed by atoms with Crippen LogP contribution in [0, 0.1) is 34.0 Å². The summed E-state index contributed by atoms with van der Waals surface area (Å²) >= 11 is 0. The first kappa shape index (κ1) is 20.0. The molecule has 0 aromatic carbocycles. The van der Waals surface area contributed by atoms with E-state index in [2.05, 4.69) is 27.4 Å². The van der Waals surface area contributed by atoms with E-state index in [9.17, 15) is 24.9 Å². The number of carbonyl (C=O) groups is 2.